The average Bonchev–Trinajstić information content (AvgIpc) is 3.60. The average molecular weight is 614 g/mol. The number of hydrogen-bond acceptors (Lipinski definition) is 2. The molecule has 0 aliphatic carbocycles. The van der Waals surface area contributed by atoms with Gasteiger partial charge in [0.05, 0.1) is 17.1 Å². The van der Waals surface area contributed by atoms with Gasteiger partial charge in [-0.25, -0.2) is 0 Å². The van der Waals surface area contributed by atoms with E-state index in [1.165, 1.54) is 32.7 Å². The highest BCUT2D eigenvalue weighted by Gasteiger charge is 2.24. The monoisotopic (exact) mass is 613 g/mol. The molecule has 9 rings (SSSR count). The van der Waals surface area contributed by atoms with E-state index in [1.54, 1.807) is 0 Å². The Balaban J connectivity index is 1.31. The van der Waals surface area contributed by atoms with Crippen LogP contribution in [0.1, 0.15) is 0 Å². The summed E-state index contributed by atoms with van der Waals surface area (Å²) in [7, 11) is 0. The summed E-state index contributed by atoms with van der Waals surface area (Å²) in [6.45, 7) is 0. The first-order valence-electron chi connectivity index (χ1n) is 16.4. The van der Waals surface area contributed by atoms with E-state index in [1.807, 2.05) is 12.1 Å². The minimum absolute atomic E-state index is 0.839. The number of hydrogen-bond donors (Lipinski definition) is 0. The van der Waals surface area contributed by atoms with Gasteiger partial charge in [-0.3, -0.25) is 0 Å². The smallest absolute Gasteiger partial charge is 0.137 e. The van der Waals surface area contributed by atoms with Gasteiger partial charge in [-0.15, -0.1) is 0 Å². The van der Waals surface area contributed by atoms with Crippen molar-refractivity contribution in [3.63, 3.8) is 0 Å². The van der Waals surface area contributed by atoms with E-state index in [0.29, 0.717) is 0 Å². The summed E-state index contributed by atoms with van der Waals surface area (Å²) in [5, 5.41) is 5.93. The van der Waals surface area contributed by atoms with Crippen LogP contribution >= 0.6 is 0 Å². The number of rotatable bonds is 6. The molecular weight excluding hydrogens is 583 g/mol. The molecule has 0 saturated carbocycles. The molecule has 48 heavy (non-hydrogen) atoms. The summed E-state index contributed by atoms with van der Waals surface area (Å²) in [4.78, 5) is 2.43. The summed E-state index contributed by atoms with van der Waals surface area (Å²) in [6.07, 6.45) is 0. The molecule has 2 nitrogen and oxygen atoms in total. The van der Waals surface area contributed by atoms with Gasteiger partial charge in [0.2, 0.25) is 0 Å². The summed E-state index contributed by atoms with van der Waals surface area (Å²) < 4.78 is 6.52. The first-order valence-corrected chi connectivity index (χ1v) is 16.4. The van der Waals surface area contributed by atoms with E-state index in [4.69, 9.17) is 4.42 Å². The SMILES string of the molecule is c1ccc(-c2ccc(-c3ccccc3N(c3ccccc3-c3cc4ccccc4o3)c3cc4ccccc4c4ccccc34)cc2)cc1. The van der Waals surface area contributed by atoms with Crippen molar-refractivity contribution in [1.82, 2.24) is 0 Å². The predicted molar refractivity (Wildman–Crippen MR) is 202 cm³/mol. The molecule has 0 N–H and O–H groups in total. The molecule has 0 fully saturated rings. The van der Waals surface area contributed by atoms with Gasteiger partial charge < -0.3 is 9.32 Å². The molecule has 1 aromatic heterocycles. The van der Waals surface area contributed by atoms with Crippen LogP contribution in [0, 0.1) is 0 Å². The highest BCUT2D eigenvalue weighted by Crippen LogP contribution is 2.48. The second-order valence-corrected chi connectivity index (χ2v) is 12.1. The van der Waals surface area contributed by atoms with Crippen molar-refractivity contribution in [1.29, 1.82) is 0 Å². The molecule has 0 saturated heterocycles. The van der Waals surface area contributed by atoms with Crippen LogP contribution in [0.25, 0.3) is 66.1 Å². The van der Waals surface area contributed by atoms with E-state index >= 15 is 0 Å². The Labute approximate surface area is 279 Å². The molecule has 0 aliphatic heterocycles. The molecular formula is C46H31NO. The first-order chi connectivity index (χ1) is 23.8. The lowest BCUT2D eigenvalue weighted by atomic mass is 9.96. The maximum Gasteiger partial charge on any atom is 0.137 e. The van der Waals surface area contributed by atoms with Gasteiger partial charge in [0.15, 0.2) is 0 Å². The second-order valence-electron chi connectivity index (χ2n) is 12.1. The van der Waals surface area contributed by atoms with Gasteiger partial charge in [-0.1, -0.05) is 152 Å². The summed E-state index contributed by atoms with van der Waals surface area (Å²) in [5.74, 6) is 0.839. The third-order valence-electron chi connectivity index (χ3n) is 9.27. The van der Waals surface area contributed by atoms with E-state index in [9.17, 15) is 0 Å². The van der Waals surface area contributed by atoms with Crippen LogP contribution in [0.3, 0.4) is 0 Å². The van der Waals surface area contributed by atoms with Crippen molar-refractivity contribution in [2.45, 2.75) is 0 Å². The predicted octanol–water partition coefficient (Wildman–Crippen LogP) is 13.2. The highest BCUT2D eigenvalue weighted by molar-refractivity contribution is 6.15. The van der Waals surface area contributed by atoms with Crippen LogP contribution in [0.4, 0.5) is 17.1 Å². The number of benzene rings is 8. The Hall–Kier alpha value is -6.38. The van der Waals surface area contributed by atoms with Gasteiger partial charge in [-0.05, 0) is 69.2 Å². The van der Waals surface area contributed by atoms with Crippen LogP contribution in [0.2, 0.25) is 0 Å². The van der Waals surface area contributed by atoms with Gasteiger partial charge in [0.1, 0.15) is 11.3 Å². The summed E-state index contributed by atoms with van der Waals surface area (Å²) in [5.41, 5.74) is 9.87. The highest BCUT2D eigenvalue weighted by atomic mass is 16.3. The third-order valence-corrected chi connectivity index (χ3v) is 9.27. The van der Waals surface area contributed by atoms with E-state index in [2.05, 4.69) is 181 Å². The van der Waals surface area contributed by atoms with Crippen molar-refractivity contribution >= 4 is 49.6 Å². The fraction of sp³-hybridized carbons (Fsp3) is 0. The van der Waals surface area contributed by atoms with Crippen LogP contribution < -0.4 is 4.90 Å². The van der Waals surface area contributed by atoms with Crippen LogP contribution in [-0.2, 0) is 0 Å². The maximum absolute atomic E-state index is 6.52. The lowest BCUT2D eigenvalue weighted by Crippen LogP contribution is -2.13. The number of furan rings is 1. The zero-order valence-electron chi connectivity index (χ0n) is 26.3. The number of nitrogens with zero attached hydrogens (tertiary/aromatic N) is 1. The zero-order valence-corrected chi connectivity index (χ0v) is 26.3. The molecule has 2 heteroatoms. The molecule has 0 amide bonds. The van der Waals surface area contributed by atoms with E-state index in [0.717, 1.165) is 50.5 Å². The minimum Gasteiger partial charge on any atom is -0.456 e. The number of para-hydroxylation sites is 3. The topological polar surface area (TPSA) is 16.4 Å². The van der Waals surface area contributed by atoms with Crippen LogP contribution in [-0.4, -0.2) is 0 Å². The quantitative estimate of drug-likeness (QED) is 0.174. The van der Waals surface area contributed by atoms with Crippen molar-refractivity contribution in [3.8, 4) is 33.6 Å². The van der Waals surface area contributed by atoms with Crippen molar-refractivity contribution < 1.29 is 4.42 Å². The fourth-order valence-electron chi connectivity index (χ4n) is 6.99. The molecule has 0 bridgehead atoms. The Morgan fingerprint density at radius 1 is 0.333 bits per heavy atom. The number of fused-ring (bicyclic) bond motifs is 4. The van der Waals surface area contributed by atoms with Crippen molar-refractivity contribution in [2.75, 3.05) is 4.90 Å². The van der Waals surface area contributed by atoms with Crippen molar-refractivity contribution in [3.05, 3.63) is 188 Å². The van der Waals surface area contributed by atoms with Gasteiger partial charge >= 0.3 is 0 Å². The molecule has 226 valence electrons. The Morgan fingerprint density at radius 3 is 1.65 bits per heavy atom. The van der Waals surface area contributed by atoms with Crippen LogP contribution in [0.5, 0.6) is 0 Å². The number of anilines is 3. The largest absolute Gasteiger partial charge is 0.456 e. The second kappa shape index (κ2) is 11.8. The Morgan fingerprint density at radius 2 is 0.875 bits per heavy atom. The molecule has 0 radical (unpaired) electrons. The first kappa shape index (κ1) is 27.9. The van der Waals surface area contributed by atoms with E-state index in [-0.39, 0.29) is 0 Å². The summed E-state index contributed by atoms with van der Waals surface area (Å²) >= 11 is 0. The fourth-order valence-corrected chi connectivity index (χ4v) is 6.99. The Bertz CT molecular complexity index is 2530. The Kier molecular flexibility index (Phi) is 6.84. The van der Waals surface area contributed by atoms with Crippen molar-refractivity contribution in [2.24, 2.45) is 0 Å². The van der Waals surface area contributed by atoms with Gasteiger partial charge in [0, 0.05) is 21.9 Å². The minimum atomic E-state index is 0.839. The standard InChI is InChI=1S/C46H31NO/c1-2-14-32(15-3-1)33-26-28-34(29-27-33)38-19-9-11-23-42(38)47(44-30-35-16-4-6-18-37(35)39-20-7-8-21-40(39)44)43-24-12-10-22-41(43)46-31-36-17-5-13-25-45(36)48-46/h1-31H. The van der Waals surface area contributed by atoms with Gasteiger partial charge in [0.25, 0.3) is 0 Å². The normalized spacial score (nSPS) is 11.3. The molecule has 0 unspecified atom stereocenters. The molecule has 0 atom stereocenters. The summed E-state index contributed by atoms with van der Waals surface area (Å²) in [6, 6.07) is 66.9. The molecule has 8 aromatic carbocycles. The zero-order chi connectivity index (χ0) is 31.9. The molecule has 0 aliphatic rings. The lowest BCUT2D eigenvalue weighted by molar-refractivity contribution is 0.631. The van der Waals surface area contributed by atoms with Gasteiger partial charge in [-0.2, -0.15) is 0 Å². The molecule has 1 heterocycles. The lowest BCUT2D eigenvalue weighted by Gasteiger charge is -2.31. The third kappa shape index (κ3) is 4.83. The van der Waals surface area contributed by atoms with E-state index < -0.39 is 0 Å². The molecule has 9 aromatic rings. The van der Waals surface area contributed by atoms with Crippen LogP contribution in [0.15, 0.2) is 192 Å². The maximum atomic E-state index is 6.52. The molecule has 0 spiro atoms.